The summed E-state index contributed by atoms with van der Waals surface area (Å²) in [6.45, 7) is 8.35. The molecule has 1 atom stereocenters. The van der Waals surface area contributed by atoms with Gasteiger partial charge in [0, 0.05) is 24.7 Å². The Morgan fingerprint density at radius 1 is 1.18 bits per heavy atom. The number of ether oxygens (including phenoxy) is 2. The predicted molar refractivity (Wildman–Crippen MR) is 143 cm³/mol. The minimum absolute atomic E-state index is 0.0205. The molecule has 4 heterocycles. The minimum Gasteiger partial charge on any atom is -0.494 e. The van der Waals surface area contributed by atoms with Crippen molar-refractivity contribution in [1.29, 1.82) is 0 Å². The molecular weight excluding hydrogens is 504 g/mol. The molecule has 5 rings (SSSR count). The van der Waals surface area contributed by atoms with Gasteiger partial charge >= 0.3 is 12.2 Å². The summed E-state index contributed by atoms with van der Waals surface area (Å²) in [6.07, 6.45) is 1.17. The molecule has 2 aliphatic rings. The Morgan fingerprint density at radius 2 is 1.92 bits per heavy atom. The van der Waals surface area contributed by atoms with Crippen molar-refractivity contribution in [1.82, 2.24) is 19.5 Å². The molecule has 2 aliphatic heterocycles. The van der Waals surface area contributed by atoms with Crippen LogP contribution in [0.4, 0.5) is 26.9 Å². The number of carboxylic acid groups (broad SMARTS) is 1. The second kappa shape index (κ2) is 10.1. The highest BCUT2D eigenvalue weighted by atomic mass is 16.6. The van der Waals surface area contributed by atoms with Crippen molar-refractivity contribution in [3.05, 3.63) is 42.1 Å². The van der Waals surface area contributed by atoms with Crippen molar-refractivity contribution in [2.75, 3.05) is 29.5 Å². The zero-order valence-electron chi connectivity index (χ0n) is 22.5. The number of aromatic nitrogens is 3. The van der Waals surface area contributed by atoms with E-state index in [2.05, 4.69) is 5.10 Å². The number of rotatable bonds is 5. The van der Waals surface area contributed by atoms with Gasteiger partial charge in [-0.3, -0.25) is 9.69 Å². The van der Waals surface area contributed by atoms with Crippen LogP contribution in [0.1, 0.15) is 46.1 Å². The number of carbonyl (C=O) groups excluding carboxylic acids is 2. The van der Waals surface area contributed by atoms with Crippen LogP contribution in [0, 0.1) is 0 Å². The largest absolute Gasteiger partial charge is 0.494 e. The van der Waals surface area contributed by atoms with Gasteiger partial charge in [0.15, 0.2) is 11.5 Å². The van der Waals surface area contributed by atoms with Crippen molar-refractivity contribution >= 4 is 41.1 Å². The minimum atomic E-state index is -1.02. The molecule has 12 heteroatoms. The lowest BCUT2D eigenvalue weighted by Gasteiger charge is -2.36. The van der Waals surface area contributed by atoms with Crippen LogP contribution < -0.4 is 14.5 Å². The number of piperidine rings is 1. The number of fused-ring (bicyclic) bond motifs is 2. The first-order chi connectivity index (χ1) is 18.6. The molecule has 0 unspecified atom stereocenters. The van der Waals surface area contributed by atoms with E-state index >= 15 is 0 Å². The van der Waals surface area contributed by atoms with Crippen LogP contribution in [-0.4, -0.2) is 74.0 Å². The third kappa shape index (κ3) is 5.06. The Morgan fingerprint density at radius 3 is 2.59 bits per heavy atom. The van der Waals surface area contributed by atoms with Crippen molar-refractivity contribution in [3.8, 4) is 5.75 Å². The number of benzene rings is 1. The summed E-state index contributed by atoms with van der Waals surface area (Å²) in [7, 11) is 0. The van der Waals surface area contributed by atoms with Gasteiger partial charge < -0.3 is 19.5 Å². The highest BCUT2D eigenvalue weighted by molar-refractivity contribution is 6.06. The Balaban J connectivity index is 1.66. The van der Waals surface area contributed by atoms with Crippen LogP contribution in [0.5, 0.6) is 5.75 Å². The number of hydrogen-bond donors (Lipinski definition) is 1. The first-order valence-electron chi connectivity index (χ1n) is 13.0. The Bertz CT molecular complexity index is 1410. The quantitative estimate of drug-likeness (QED) is 0.513. The lowest BCUT2D eigenvalue weighted by Crippen LogP contribution is -2.50. The molecule has 0 saturated carbocycles. The van der Waals surface area contributed by atoms with E-state index in [1.54, 1.807) is 62.2 Å². The molecule has 206 valence electrons. The Labute approximate surface area is 225 Å². The lowest BCUT2D eigenvalue weighted by molar-refractivity contribution is -0.118. The highest BCUT2D eigenvalue weighted by Crippen LogP contribution is 2.41. The van der Waals surface area contributed by atoms with Crippen LogP contribution in [0.2, 0.25) is 0 Å². The Kier molecular flexibility index (Phi) is 6.79. The van der Waals surface area contributed by atoms with Gasteiger partial charge in [-0.1, -0.05) is 0 Å². The zero-order chi connectivity index (χ0) is 27.9. The SMILES string of the molecule is CCOc1ccc(N(C(=O)OC(C)(C)C)c2c3c(nc4ccnn24)N([C@H]2CCCN(C(=O)O)C2)C(=O)C3)cc1. The molecule has 1 saturated heterocycles. The normalized spacial score (nSPS) is 17.3. The third-order valence-corrected chi connectivity index (χ3v) is 6.63. The molecule has 3 amide bonds. The van der Waals surface area contributed by atoms with Crippen molar-refractivity contribution in [2.45, 2.75) is 58.6 Å². The molecule has 3 aromatic rings. The average molecular weight is 537 g/mol. The summed E-state index contributed by atoms with van der Waals surface area (Å²) in [5, 5.41) is 14.0. The second-order valence-electron chi connectivity index (χ2n) is 10.5. The summed E-state index contributed by atoms with van der Waals surface area (Å²) in [4.78, 5) is 48.0. The van der Waals surface area contributed by atoms with E-state index in [4.69, 9.17) is 14.5 Å². The molecule has 2 aromatic heterocycles. The van der Waals surface area contributed by atoms with E-state index in [1.165, 1.54) is 14.3 Å². The summed E-state index contributed by atoms with van der Waals surface area (Å²) in [5.41, 5.74) is 0.667. The number of anilines is 3. The third-order valence-electron chi connectivity index (χ3n) is 6.63. The van der Waals surface area contributed by atoms with E-state index in [0.29, 0.717) is 60.3 Å². The highest BCUT2D eigenvalue weighted by Gasteiger charge is 2.42. The number of carbonyl (C=O) groups is 3. The smallest absolute Gasteiger partial charge is 0.420 e. The fourth-order valence-corrected chi connectivity index (χ4v) is 5.09. The van der Waals surface area contributed by atoms with Crippen LogP contribution in [0.15, 0.2) is 36.5 Å². The van der Waals surface area contributed by atoms with Crippen LogP contribution in [-0.2, 0) is 16.0 Å². The molecule has 0 aliphatic carbocycles. The van der Waals surface area contributed by atoms with Gasteiger partial charge in [-0.05, 0) is 64.8 Å². The summed E-state index contributed by atoms with van der Waals surface area (Å²) in [6, 6.07) is 8.35. The van der Waals surface area contributed by atoms with Gasteiger partial charge in [0.1, 0.15) is 17.2 Å². The fraction of sp³-hybridized carbons (Fsp3) is 0.444. The predicted octanol–water partition coefficient (Wildman–Crippen LogP) is 4.23. The van der Waals surface area contributed by atoms with E-state index in [1.807, 2.05) is 6.92 Å². The van der Waals surface area contributed by atoms with Gasteiger partial charge in [0.25, 0.3) is 0 Å². The summed E-state index contributed by atoms with van der Waals surface area (Å²) in [5.74, 6) is 1.19. The van der Waals surface area contributed by atoms with Crippen LogP contribution in [0.3, 0.4) is 0 Å². The average Bonchev–Trinajstić information content (AvgIpc) is 3.47. The number of nitrogens with zero attached hydrogens (tertiary/aromatic N) is 6. The molecule has 0 bridgehead atoms. The molecule has 1 N–H and O–H groups in total. The van der Waals surface area contributed by atoms with Crippen molar-refractivity contribution in [2.24, 2.45) is 0 Å². The van der Waals surface area contributed by atoms with Crippen molar-refractivity contribution < 1.29 is 29.0 Å². The van der Waals surface area contributed by atoms with E-state index < -0.39 is 17.8 Å². The lowest BCUT2D eigenvalue weighted by atomic mass is 10.0. The van der Waals surface area contributed by atoms with Gasteiger partial charge in [0.05, 0.1) is 31.0 Å². The Hall–Kier alpha value is -4.35. The molecule has 0 radical (unpaired) electrons. The summed E-state index contributed by atoms with van der Waals surface area (Å²) < 4.78 is 12.9. The second-order valence-corrected chi connectivity index (χ2v) is 10.5. The number of amides is 3. The molecule has 1 fully saturated rings. The van der Waals surface area contributed by atoms with Crippen LogP contribution in [0.25, 0.3) is 5.65 Å². The molecule has 1 aromatic carbocycles. The van der Waals surface area contributed by atoms with Crippen LogP contribution >= 0.6 is 0 Å². The maximum Gasteiger partial charge on any atom is 0.420 e. The molecule has 39 heavy (non-hydrogen) atoms. The first kappa shape index (κ1) is 26.3. The topological polar surface area (TPSA) is 130 Å². The molecule has 0 spiro atoms. The van der Waals surface area contributed by atoms with Gasteiger partial charge in [-0.2, -0.15) is 9.61 Å². The zero-order valence-corrected chi connectivity index (χ0v) is 22.5. The number of hydrogen-bond acceptors (Lipinski definition) is 7. The van der Waals surface area contributed by atoms with Gasteiger partial charge in [0.2, 0.25) is 5.91 Å². The first-order valence-corrected chi connectivity index (χ1v) is 13.0. The van der Waals surface area contributed by atoms with Gasteiger partial charge in [-0.25, -0.2) is 19.5 Å². The fourth-order valence-electron chi connectivity index (χ4n) is 5.09. The maximum atomic E-state index is 13.8. The molecular formula is C27H32N6O6. The monoisotopic (exact) mass is 536 g/mol. The van der Waals surface area contributed by atoms with E-state index in [0.717, 1.165) is 0 Å². The van der Waals surface area contributed by atoms with Crippen molar-refractivity contribution in [3.63, 3.8) is 0 Å². The van der Waals surface area contributed by atoms with Gasteiger partial charge in [-0.15, -0.1) is 0 Å². The van der Waals surface area contributed by atoms with E-state index in [9.17, 15) is 19.5 Å². The summed E-state index contributed by atoms with van der Waals surface area (Å²) >= 11 is 0. The van der Waals surface area contributed by atoms with E-state index in [-0.39, 0.29) is 24.9 Å². The number of likely N-dealkylation sites (tertiary alicyclic amines) is 1. The maximum absolute atomic E-state index is 13.8. The molecule has 12 nitrogen and oxygen atoms in total. The standard InChI is InChI=1S/C27H32N6O6/c1-5-38-19-10-8-17(9-11-19)32(26(37)39-27(2,3)4)24-20-15-22(34)31(18-7-6-14-30(16-18)25(35)36)23(20)29-21-12-13-28-33(21)24/h8-13,18H,5-7,14-16H2,1-4H3,(H,35,36)/t18-/m0/s1.